The first kappa shape index (κ1) is 20.5. The van der Waals surface area contributed by atoms with Crippen LogP contribution in [0.15, 0.2) is 53.6 Å². The average molecular weight is 423 g/mol. The van der Waals surface area contributed by atoms with Gasteiger partial charge in [-0.05, 0) is 66.7 Å². The standard InChI is InChI=1S/C23H26N4O2S/c1-16-6-7-18-11-19(22(28)26-21(18)10-16)15-27(14-17-4-2-8-24-12-17)23(30)25-13-20-5-3-9-29-20/h2,4,6-8,10-12,20H,3,5,9,13-15H2,1H3,(H,25,30)(H,26,28)/t20-/m0/s1. The van der Waals surface area contributed by atoms with Crippen molar-refractivity contribution in [1.82, 2.24) is 20.2 Å². The molecule has 0 radical (unpaired) electrons. The van der Waals surface area contributed by atoms with Crippen molar-refractivity contribution in [2.75, 3.05) is 13.2 Å². The molecule has 6 nitrogen and oxygen atoms in total. The van der Waals surface area contributed by atoms with Crippen molar-refractivity contribution in [3.05, 3.63) is 75.8 Å². The van der Waals surface area contributed by atoms with E-state index in [1.54, 1.807) is 6.20 Å². The van der Waals surface area contributed by atoms with E-state index in [0.29, 0.717) is 30.3 Å². The van der Waals surface area contributed by atoms with Crippen LogP contribution in [0.5, 0.6) is 0 Å². The first-order chi connectivity index (χ1) is 14.6. The second-order valence-corrected chi connectivity index (χ2v) is 8.14. The molecular weight excluding hydrogens is 396 g/mol. The van der Waals surface area contributed by atoms with Gasteiger partial charge in [-0.25, -0.2) is 0 Å². The third kappa shape index (κ3) is 5.04. The number of nitrogens with zero attached hydrogens (tertiary/aromatic N) is 2. The fourth-order valence-corrected chi connectivity index (χ4v) is 3.93. The molecule has 7 heteroatoms. The van der Waals surface area contributed by atoms with Gasteiger partial charge in [-0.15, -0.1) is 0 Å². The third-order valence-electron chi connectivity index (χ3n) is 5.33. The summed E-state index contributed by atoms with van der Waals surface area (Å²) in [5.74, 6) is 0. The molecule has 156 valence electrons. The number of pyridine rings is 2. The number of aromatic amines is 1. The van der Waals surface area contributed by atoms with Crippen molar-refractivity contribution >= 4 is 28.2 Å². The van der Waals surface area contributed by atoms with Crippen LogP contribution in [0.2, 0.25) is 0 Å². The zero-order chi connectivity index (χ0) is 20.9. The summed E-state index contributed by atoms with van der Waals surface area (Å²) in [6.45, 7) is 4.47. The number of ether oxygens (including phenoxy) is 1. The van der Waals surface area contributed by atoms with Gasteiger partial charge in [-0.3, -0.25) is 9.78 Å². The van der Waals surface area contributed by atoms with E-state index in [1.165, 1.54) is 0 Å². The minimum Gasteiger partial charge on any atom is -0.376 e. The van der Waals surface area contributed by atoms with Gasteiger partial charge in [0, 0.05) is 43.2 Å². The quantitative estimate of drug-likeness (QED) is 0.594. The van der Waals surface area contributed by atoms with Crippen molar-refractivity contribution in [3.8, 4) is 0 Å². The molecule has 0 saturated carbocycles. The lowest BCUT2D eigenvalue weighted by Gasteiger charge is -2.26. The molecule has 1 atom stereocenters. The van der Waals surface area contributed by atoms with Gasteiger partial charge in [0.05, 0.1) is 12.6 Å². The summed E-state index contributed by atoms with van der Waals surface area (Å²) in [4.78, 5) is 22.0. The fourth-order valence-electron chi connectivity index (χ4n) is 3.71. The van der Waals surface area contributed by atoms with E-state index in [-0.39, 0.29) is 11.7 Å². The summed E-state index contributed by atoms with van der Waals surface area (Å²) in [5.41, 5.74) is 3.58. The van der Waals surface area contributed by atoms with E-state index < -0.39 is 0 Å². The zero-order valence-corrected chi connectivity index (χ0v) is 17.9. The molecule has 2 N–H and O–H groups in total. The van der Waals surface area contributed by atoms with E-state index in [9.17, 15) is 4.79 Å². The number of aromatic nitrogens is 2. The van der Waals surface area contributed by atoms with Crippen molar-refractivity contribution < 1.29 is 4.74 Å². The van der Waals surface area contributed by atoms with Gasteiger partial charge >= 0.3 is 0 Å². The van der Waals surface area contributed by atoms with Crippen molar-refractivity contribution in [1.29, 1.82) is 0 Å². The van der Waals surface area contributed by atoms with Crippen LogP contribution in [-0.2, 0) is 17.8 Å². The number of thiocarbonyl (C=S) groups is 1. The Morgan fingerprint density at radius 1 is 1.33 bits per heavy atom. The fraction of sp³-hybridized carbons (Fsp3) is 0.348. The summed E-state index contributed by atoms with van der Waals surface area (Å²) in [5, 5.41) is 4.95. The van der Waals surface area contributed by atoms with E-state index >= 15 is 0 Å². The Morgan fingerprint density at radius 2 is 2.23 bits per heavy atom. The van der Waals surface area contributed by atoms with Crippen molar-refractivity contribution in [2.45, 2.75) is 39.0 Å². The second kappa shape index (κ2) is 9.36. The molecule has 0 bridgehead atoms. The predicted octanol–water partition coefficient (Wildman–Crippen LogP) is 3.29. The van der Waals surface area contributed by atoms with Gasteiger partial charge in [-0.2, -0.15) is 0 Å². The molecule has 1 aromatic carbocycles. The molecule has 1 saturated heterocycles. The SMILES string of the molecule is Cc1ccc2cc(CN(Cc3cccnc3)C(=S)NC[C@@H]3CCCO3)c(=O)[nH]c2c1. The van der Waals surface area contributed by atoms with Crippen LogP contribution in [-0.4, -0.2) is 39.2 Å². The lowest BCUT2D eigenvalue weighted by atomic mass is 10.1. The molecule has 30 heavy (non-hydrogen) atoms. The average Bonchev–Trinajstić information content (AvgIpc) is 3.26. The largest absolute Gasteiger partial charge is 0.376 e. The number of hydrogen-bond acceptors (Lipinski definition) is 4. The van der Waals surface area contributed by atoms with Crippen molar-refractivity contribution in [2.24, 2.45) is 0 Å². The van der Waals surface area contributed by atoms with Gasteiger partial charge in [0.1, 0.15) is 0 Å². The molecule has 0 aliphatic carbocycles. The van der Waals surface area contributed by atoms with Crippen LogP contribution in [0.25, 0.3) is 10.9 Å². The highest BCUT2D eigenvalue weighted by molar-refractivity contribution is 7.80. The molecule has 3 heterocycles. The Bertz CT molecular complexity index is 1080. The number of hydrogen-bond donors (Lipinski definition) is 2. The Hall–Kier alpha value is -2.77. The molecule has 0 unspecified atom stereocenters. The summed E-state index contributed by atoms with van der Waals surface area (Å²) >= 11 is 5.69. The number of nitrogens with one attached hydrogen (secondary N) is 2. The van der Waals surface area contributed by atoms with Crippen LogP contribution in [0, 0.1) is 6.92 Å². The van der Waals surface area contributed by atoms with Crippen LogP contribution < -0.4 is 10.9 Å². The topological polar surface area (TPSA) is 70.2 Å². The second-order valence-electron chi connectivity index (χ2n) is 7.75. The predicted molar refractivity (Wildman–Crippen MR) is 122 cm³/mol. The molecule has 2 aromatic heterocycles. The maximum absolute atomic E-state index is 12.7. The van der Waals surface area contributed by atoms with E-state index in [2.05, 4.69) is 15.3 Å². The van der Waals surface area contributed by atoms with Crippen LogP contribution in [0.4, 0.5) is 0 Å². The number of aryl methyl sites for hydroxylation is 1. The lowest BCUT2D eigenvalue weighted by Crippen LogP contribution is -2.42. The molecular formula is C23H26N4O2S. The van der Waals surface area contributed by atoms with Gasteiger partial charge < -0.3 is 19.9 Å². The van der Waals surface area contributed by atoms with Crippen LogP contribution >= 0.6 is 12.2 Å². The Balaban J connectivity index is 1.56. The van der Waals surface area contributed by atoms with E-state index in [1.807, 2.05) is 54.4 Å². The highest BCUT2D eigenvalue weighted by Gasteiger charge is 2.18. The Kier molecular flexibility index (Phi) is 6.40. The smallest absolute Gasteiger partial charge is 0.253 e. The van der Waals surface area contributed by atoms with Gasteiger partial charge in [0.2, 0.25) is 0 Å². The summed E-state index contributed by atoms with van der Waals surface area (Å²) in [6.07, 6.45) is 5.89. The first-order valence-electron chi connectivity index (χ1n) is 10.2. The minimum atomic E-state index is -0.0915. The molecule has 1 aliphatic rings. The van der Waals surface area contributed by atoms with Crippen molar-refractivity contribution in [3.63, 3.8) is 0 Å². The molecule has 1 fully saturated rings. The van der Waals surface area contributed by atoms with E-state index in [0.717, 1.165) is 41.5 Å². The van der Waals surface area contributed by atoms with Gasteiger partial charge in [0.25, 0.3) is 5.56 Å². The minimum absolute atomic E-state index is 0.0915. The molecule has 4 rings (SSSR count). The van der Waals surface area contributed by atoms with Crippen LogP contribution in [0.3, 0.4) is 0 Å². The highest BCUT2D eigenvalue weighted by Crippen LogP contribution is 2.16. The third-order valence-corrected chi connectivity index (χ3v) is 5.73. The molecule has 0 spiro atoms. The normalized spacial score (nSPS) is 16.0. The summed E-state index contributed by atoms with van der Waals surface area (Å²) < 4.78 is 5.69. The monoisotopic (exact) mass is 422 g/mol. The molecule has 1 aliphatic heterocycles. The first-order valence-corrected chi connectivity index (χ1v) is 10.6. The number of benzene rings is 1. The highest BCUT2D eigenvalue weighted by atomic mass is 32.1. The van der Waals surface area contributed by atoms with Gasteiger partial charge in [0.15, 0.2) is 5.11 Å². The Labute approximate surface area is 181 Å². The zero-order valence-electron chi connectivity index (χ0n) is 17.1. The van der Waals surface area contributed by atoms with E-state index in [4.69, 9.17) is 17.0 Å². The molecule has 0 amide bonds. The van der Waals surface area contributed by atoms with Gasteiger partial charge in [-0.1, -0.05) is 18.2 Å². The number of H-pyrrole nitrogens is 1. The van der Waals surface area contributed by atoms with Crippen LogP contribution in [0.1, 0.15) is 29.5 Å². The summed E-state index contributed by atoms with van der Waals surface area (Å²) in [7, 11) is 0. The maximum atomic E-state index is 12.7. The number of fused-ring (bicyclic) bond motifs is 1. The summed E-state index contributed by atoms with van der Waals surface area (Å²) in [6, 6.07) is 11.9. The molecule has 3 aromatic rings. The number of rotatable bonds is 6. The maximum Gasteiger partial charge on any atom is 0.253 e. The Morgan fingerprint density at radius 3 is 3.00 bits per heavy atom. The lowest BCUT2D eigenvalue weighted by molar-refractivity contribution is 0.113.